The minimum atomic E-state index is -0.594. The molecule has 0 saturated carbocycles. The van der Waals surface area contributed by atoms with E-state index in [2.05, 4.69) is 15.9 Å². The van der Waals surface area contributed by atoms with Gasteiger partial charge in [-0.25, -0.2) is 4.98 Å². The van der Waals surface area contributed by atoms with Crippen LogP contribution in [0.2, 0.25) is 0 Å². The zero-order valence-electron chi connectivity index (χ0n) is 29.4. The van der Waals surface area contributed by atoms with E-state index in [0.29, 0.717) is 44.7 Å². The molecule has 37 heavy (non-hydrogen) atoms. The van der Waals surface area contributed by atoms with Gasteiger partial charge in [-0.15, -0.1) is 0 Å². The monoisotopic (exact) mass is 555 g/mol. The molecule has 0 atom stereocenters. The fourth-order valence-electron chi connectivity index (χ4n) is 4.44. The number of hydrogen-bond donors (Lipinski definition) is 0. The number of hydrogen-bond acceptors (Lipinski definition) is 2. The first-order valence-corrected chi connectivity index (χ1v) is 12.5. The number of halogens is 1. The maximum absolute atomic E-state index is 8.90. The van der Waals surface area contributed by atoms with Crippen LogP contribution in [0.5, 0.6) is 11.5 Å². The molecule has 0 fully saturated rings. The Bertz CT molecular complexity index is 2210. The van der Waals surface area contributed by atoms with E-state index in [4.69, 9.17) is 22.1 Å². The zero-order chi connectivity index (χ0) is 33.4. The van der Waals surface area contributed by atoms with E-state index in [1.807, 2.05) is 45.0 Å². The van der Waals surface area contributed by atoms with Crippen molar-refractivity contribution in [2.24, 2.45) is 0 Å². The number of pyridine rings is 1. The Balaban J connectivity index is 1.69. The fraction of sp³-hybridized carbons (Fsp3) is 0.121. The van der Waals surface area contributed by atoms with Crippen LogP contribution in [0.25, 0.3) is 38.8 Å². The number of nitrogens with zero attached hydrogens (tertiary/aromatic N) is 2. The third-order valence-electron chi connectivity index (χ3n) is 6.10. The predicted octanol–water partition coefficient (Wildman–Crippen LogP) is 9.70. The lowest BCUT2D eigenvalue weighted by Gasteiger charge is -2.24. The highest BCUT2D eigenvalue weighted by Gasteiger charge is 2.22. The third kappa shape index (κ3) is 4.42. The molecule has 0 saturated heterocycles. The van der Waals surface area contributed by atoms with Crippen LogP contribution < -0.4 is 4.74 Å². The number of benzene rings is 4. The fourth-order valence-corrected chi connectivity index (χ4v) is 4.81. The lowest BCUT2D eigenvalue weighted by atomic mass is 9.82. The highest BCUT2D eigenvalue weighted by molar-refractivity contribution is 9.10. The Kier molecular flexibility index (Phi) is 3.83. The summed E-state index contributed by atoms with van der Waals surface area (Å²) in [5.74, 6) is 1.37. The molecule has 0 unspecified atom stereocenters. The van der Waals surface area contributed by atoms with Gasteiger partial charge in [0.1, 0.15) is 17.3 Å². The predicted molar refractivity (Wildman–Crippen MR) is 157 cm³/mol. The van der Waals surface area contributed by atoms with E-state index in [9.17, 15) is 0 Å². The van der Waals surface area contributed by atoms with E-state index < -0.39 is 23.5 Å². The van der Waals surface area contributed by atoms with Gasteiger partial charge in [-0.05, 0) is 59.0 Å². The minimum absolute atomic E-state index is 0.0313. The minimum Gasteiger partial charge on any atom is -0.457 e. The molecular weight excluding hydrogens is 520 g/mol. The molecule has 182 valence electrons. The molecule has 3 nitrogen and oxygen atoms in total. The molecule has 0 amide bonds. The molecule has 0 radical (unpaired) electrons. The first-order chi connectivity index (χ1) is 21.6. The maximum Gasteiger partial charge on any atom is 0.137 e. The largest absolute Gasteiger partial charge is 0.457 e. The van der Waals surface area contributed by atoms with Gasteiger partial charge in [-0.3, -0.25) is 4.57 Å². The molecule has 6 rings (SSSR count). The Labute approximate surface area is 238 Å². The first kappa shape index (κ1) is 15.4. The standard InChI is InChI=1S/C33H27BrN2O/c1-33(2,3)29-20-32(35-21-28(29)22-10-5-4-6-11-22)36-30-15-8-7-14-26(30)27-17-16-25(19-31(27)36)37-24-13-9-12-23(34)18-24/h4-21H,1-3H3/i4D,5D,6D,7D,8D,10D,11D,14D,15D. The first-order valence-electron chi connectivity index (χ1n) is 16.2. The van der Waals surface area contributed by atoms with Crippen LogP contribution in [-0.4, -0.2) is 9.55 Å². The number of ether oxygens (including phenoxy) is 1. The van der Waals surface area contributed by atoms with Crippen molar-refractivity contribution in [2.45, 2.75) is 26.2 Å². The van der Waals surface area contributed by atoms with Gasteiger partial charge >= 0.3 is 0 Å². The summed E-state index contributed by atoms with van der Waals surface area (Å²) in [5.41, 5.74) is 1.19. The van der Waals surface area contributed by atoms with Crippen LogP contribution in [-0.2, 0) is 5.41 Å². The molecule has 4 aromatic carbocycles. The highest BCUT2D eigenvalue weighted by atomic mass is 79.9. The topological polar surface area (TPSA) is 27.1 Å². The van der Waals surface area contributed by atoms with E-state index in [1.165, 1.54) is 6.20 Å². The summed E-state index contributed by atoms with van der Waals surface area (Å²) in [7, 11) is 0. The van der Waals surface area contributed by atoms with Gasteiger partial charge in [0, 0.05) is 33.1 Å². The smallest absolute Gasteiger partial charge is 0.137 e. The molecule has 0 bridgehead atoms. The van der Waals surface area contributed by atoms with E-state index >= 15 is 0 Å². The van der Waals surface area contributed by atoms with Crippen molar-refractivity contribution in [3.05, 3.63) is 119 Å². The third-order valence-corrected chi connectivity index (χ3v) is 6.59. The van der Waals surface area contributed by atoms with Gasteiger partial charge in [0.05, 0.1) is 23.4 Å². The Morgan fingerprint density at radius 2 is 1.57 bits per heavy atom. The second kappa shape index (κ2) is 9.20. The second-order valence-corrected chi connectivity index (χ2v) is 10.6. The van der Waals surface area contributed by atoms with Crippen LogP contribution in [0.15, 0.2) is 114 Å². The zero-order valence-corrected chi connectivity index (χ0v) is 22.0. The maximum atomic E-state index is 8.90. The second-order valence-electron chi connectivity index (χ2n) is 9.64. The summed E-state index contributed by atoms with van der Waals surface area (Å²) in [6.45, 7) is 5.81. The van der Waals surface area contributed by atoms with Crippen molar-refractivity contribution in [2.75, 3.05) is 0 Å². The van der Waals surface area contributed by atoms with Gasteiger partial charge in [0.15, 0.2) is 0 Å². The summed E-state index contributed by atoms with van der Waals surface area (Å²) >= 11 is 3.45. The van der Waals surface area contributed by atoms with Gasteiger partial charge in [0.25, 0.3) is 0 Å². The van der Waals surface area contributed by atoms with Crippen LogP contribution in [0.1, 0.15) is 38.7 Å². The number of aromatic nitrogens is 2. The number of rotatable bonds is 4. The summed E-state index contributed by atoms with van der Waals surface area (Å²) in [5, 5.41) is 0.890. The van der Waals surface area contributed by atoms with E-state index in [-0.39, 0.29) is 47.3 Å². The van der Waals surface area contributed by atoms with E-state index in [1.54, 1.807) is 28.8 Å². The molecule has 2 aromatic heterocycles. The van der Waals surface area contributed by atoms with Crippen LogP contribution in [0, 0.1) is 0 Å². The number of para-hydroxylation sites is 1. The molecule has 0 aliphatic rings. The van der Waals surface area contributed by atoms with Crippen molar-refractivity contribution in [1.29, 1.82) is 0 Å². The summed E-state index contributed by atoms with van der Waals surface area (Å²) in [4.78, 5) is 4.71. The molecule has 0 aliphatic heterocycles. The van der Waals surface area contributed by atoms with Gasteiger partial charge in [-0.1, -0.05) is 91.1 Å². The van der Waals surface area contributed by atoms with Crippen LogP contribution in [0.3, 0.4) is 0 Å². The average molecular weight is 557 g/mol. The molecule has 0 N–H and O–H groups in total. The van der Waals surface area contributed by atoms with Crippen molar-refractivity contribution in [3.63, 3.8) is 0 Å². The lowest BCUT2D eigenvalue weighted by molar-refractivity contribution is 0.483. The van der Waals surface area contributed by atoms with Gasteiger partial charge in [0.2, 0.25) is 0 Å². The van der Waals surface area contributed by atoms with Gasteiger partial charge < -0.3 is 4.74 Å². The van der Waals surface area contributed by atoms with Crippen molar-refractivity contribution in [1.82, 2.24) is 9.55 Å². The quantitative estimate of drug-likeness (QED) is 0.216. The normalized spacial score (nSPS) is 15.2. The Morgan fingerprint density at radius 3 is 2.35 bits per heavy atom. The summed E-state index contributed by atoms with van der Waals surface area (Å²) in [6, 6.07) is 11.1. The SMILES string of the molecule is [2H]c1c([2H])c([2H])c(-c2cnc(-n3c4cc(Oc5cccc(Br)c5)ccc4c4c([2H])c([2H])c([2H])c([2H])c43)cc2C(C)(C)C)c([2H])c1[2H]. The van der Waals surface area contributed by atoms with Crippen LogP contribution >= 0.6 is 15.9 Å². The van der Waals surface area contributed by atoms with Gasteiger partial charge in [-0.2, -0.15) is 0 Å². The van der Waals surface area contributed by atoms with Crippen molar-refractivity contribution >= 4 is 37.7 Å². The summed E-state index contributed by atoms with van der Waals surface area (Å²) < 4.78 is 84.8. The lowest BCUT2D eigenvalue weighted by Crippen LogP contribution is -2.14. The molecule has 0 spiro atoms. The van der Waals surface area contributed by atoms with Crippen molar-refractivity contribution < 1.29 is 17.1 Å². The van der Waals surface area contributed by atoms with Crippen LogP contribution in [0.4, 0.5) is 0 Å². The van der Waals surface area contributed by atoms with Crippen molar-refractivity contribution in [3.8, 4) is 28.4 Å². The summed E-state index contributed by atoms with van der Waals surface area (Å²) in [6.07, 6.45) is 1.47. The average Bonchev–Trinajstić information content (AvgIpc) is 3.35. The molecular formula is C33H27BrN2O. The van der Waals surface area contributed by atoms with E-state index in [0.717, 1.165) is 4.47 Å². The Hall–Kier alpha value is -3.89. The Morgan fingerprint density at radius 1 is 0.811 bits per heavy atom. The molecule has 2 heterocycles. The highest BCUT2D eigenvalue weighted by Crippen LogP contribution is 2.38. The number of fused-ring (bicyclic) bond motifs is 3. The molecule has 4 heteroatoms. The molecule has 6 aromatic rings. The molecule has 0 aliphatic carbocycles.